The summed E-state index contributed by atoms with van der Waals surface area (Å²) in [7, 11) is 0. The number of carbonyl (C=O) groups is 2. The lowest BCUT2D eigenvalue weighted by molar-refractivity contribution is -0.116. The predicted octanol–water partition coefficient (Wildman–Crippen LogP) is 3.68. The van der Waals surface area contributed by atoms with Gasteiger partial charge in [-0.3, -0.25) is 14.2 Å². The van der Waals surface area contributed by atoms with Crippen LogP contribution in [0.5, 0.6) is 0 Å². The summed E-state index contributed by atoms with van der Waals surface area (Å²) in [5.41, 5.74) is 0.855. The number of benzene rings is 1. The van der Waals surface area contributed by atoms with E-state index >= 15 is 0 Å². The SMILES string of the molecule is CC(C)c1nnc(NC(=O)CCC(=O)n2ccc3ccccc32)s1. The van der Waals surface area contributed by atoms with Gasteiger partial charge in [0, 0.05) is 30.3 Å². The first-order valence-electron chi connectivity index (χ1n) is 7.77. The zero-order valence-corrected chi connectivity index (χ0v) is 14.3. The number of rotatable bonds is 5. The molecule has 1 aromatic carbocycles. The number of fused-ring (bicyclic) bond motifs is 1. The molecular formula is C17H18N4O2S. The standard InChI is InChI=1S/C17H18N4O2S/c1-11(2)16-19-20-17(24-16)18-14(22)7-8-15(23)21-10-9-12-5-3-4-6-13(12)21/h3-6,9-11H,7-8H2,1-2H3,(H,18,20,22). The normalized spacial score (nSPS) is 11.1. The summed E-state index contributed by atoms with van der Waals surface area (Å²) >= 11 is 1.36. The van der Waals surface area contributed by atoms with Crippen molar-refractivity contribution < 1.29 is 9.59 Å². The van der Waals surface area contributed by atoms with E-state index in [4.69, 9.17) is 0 Å². The summed E-state index contributed by atoms with van der Waals surface area (Å²) in [6.45, 7) is 4.04. The number of nitrogens with one attached hydrogen (secondary N) is 1. The van der Waals surface area contributed by atoms with Crippen LogP contribution in [0.2, 0.25) is 0 Å². The molecule has 7 heteroatoms. The number of anilines is 1. The van der Waals surface area contributed by atoms with Crippen LogP contribution in [0, 0.1) is 0 Å². The first-order chi connectivity index (χ1) is 11.5. The van der Waals surface area contributed by atoms with Crippen molar-refractivity contribution in [3.8, 4) is 0 Å². The van der Waals surface area contributed by atoms with Gasteiger partial charge >= 0.3 is 0 Å². The molecule has 0 saturated carbocycles. The van der Waals surface area contributed by atoms with Crippen LogP contribution < -0.4 is 5.32 Å². The Hall–Kier alpha value is -2.54. The van der Waals surface area contributed by atoms with Gasteiger partial charge in [-0.2, -0.15) is 0 Å². The number of para-hydroxylation sites is 1. The Labute approximate surface area is 143 Å². The number of amides is 1. The van der Waals surface area contributed by atoms with Crippen LogP contribution in [0.1, 0.15) is 42.4 Å². The predicted molar refractivity (Wildman–Crippen MR) is 94.4 cm³/mol. The second-order valence-electron chi connectivity index (χ2n) is 5.79. The molecule has 0 atom stereocenters. The molecule has 3 aromatic rings. The molecule has 0 aliphatic carbocycles. The Balaban J connectivity index is 1.58. The van der Waals surface area contributed by atoms with Gasteiger partial charge in [-0.15, -0.1) is 10.2 Å². The van der Waals surface area contributed by atoms with Crippen molar-refractivity contribution in [2.45, 2.75) is 32.6 Å². The molecule has 2 heterocycles. The Morgan fingerprint density at radius 1 is 1.17 bits per heavy atom. The fraction of sp³-hybridized carbons (Fsp3) is 0.294. The van der Waals surface area contributed by atoms with Crippen LogP contribution >= 0.6 is 11.3 Å². The van der Waals surface area contributed by atoms with Gasteiger partial charge in [-0.25, -0.2) is 0 Å². The second kappa shape index (κ2) is 6.92. The average Bonchev–Trinajstić information content (AvgIpc) is 3.19. The summed E-state index contributed by atoms with van der Waals surface area (Å²) in [6, 6.07) is 9.55. The third-order valence-electron chi connectivity index (χ3n) is 3.61. The molecule has 0 aliphatic rings. The quantitative estimate of drug-likeness (QED) is 0.767. The molecule has 3 rings (SSSR count). The number of hydrogen-bond donors (Lipinski definition) is 1. The molecule has 0 aliphatic heterocycles. The number of carbonyl (C=O) groups excluding carboxylic acids is 2. The van der Waals surface area contributed by atoms with Crippen LogP contribution in [0.4, 0.5) is 5.13 Å². The summed E-state index contributed by atoms with van der Waals surface area (Å²) < 4.78 is 1.59. The second-order valence-corrected chi connectivity index (χ2v) is 6.80. The molecule has 0 radical (unpaired) electrons. The molecule has 24 heavy (non-hydrogen) atoms. The molecule has 0 saturated heterocycles. The molecule has 124 valence electrons. The van der Waals surface area contributed by atoms with E-state index in [-0.39, 0.29) is 30.6 Å². The maximum Gasteiger partial charge on any atom is 0.231 e. The molecule has 0 bridgehead atoms. The van der Waals surface area contributed by atoms with E-state index in [1.165, 1.54) is 11.3 Å². The highest BCUT2D eigenvalue weighted by atomic mass is 32.1. The van der Waals surface area contributed by atoms with Gasteiger partial charge in [0.05, 0.1) is 5.52 Å². The third kappa shape index (κ3) is 3.51. The number of nitrogens with zero attached hydrogens (tertiary/aromatic N) is 3. The summed E-state index contributed by atoms with van der Waals surface area (Å²) in [5.74, 6) is -0.0606. The lowest BCUT2D eigenvalue weighted by Gasteiger charge is -2.04. The van der Waals surface area contributed by atoms with Crippen LogP contribution in [0.25, 0.3) is 10.9 Å². The van der Waals surface area contributed by atoms with E-state index in [2.05, 4.69) is 15.5 Å². The van der Waals surface area contributed by atoms with Gasteiger partial charge < -0.3 is 5.32 Å². The minimum Gasteiger partial charge on any atom is -0.301 e. The van der Waals surface area contributed by atoms with Crippen LogP contribution in [0.3, 0.4) is 0 Å². The van der Waals surface area contributed by atoms with Crippen molar-refractivity contribution in [3.05, 3.63) is 41.5 Å². The topological polar surface area (TPSA) is 76.9 Å². The Morgan fingerprint density at radius 3 is 2.71 bits per heavy atom. The summed E-state index contributed by atoms with van der Waals surface area (Å²) in [4.78, 5) is 24.3. The van der Waals surface area contributed by atoms with E-state index < -0.39 is 0 Å². The molecule has 6 nitrogen and oxygen atoms in total. The van der Waals surface area contributed by atoms with Crippen molar-refractivity contribution >= 4 is 39.2 Å². The van der Waals surface area contributed by atoms with Crippen molar-refractivity contribution in [1.82, 2.24) is 14.8 Å². The van der Waals surface area contributed by atoms with E-state index in [1.54, 1.807) is 10.8 Å². The van der Waals surface area contributed by atoms with Gasteiger partial charge in [0.1, 0.15) is 5.01 Å². The highest BCUT2D eigenvalue weighted by Crippen LogP contribution is 2.22. The minimum absolute atomic E-state index is 0.105. The molecule has 2 aromatic heterocycles. The Bertz CT molecular complexity index is 881. The zero-order valence-electron chi connectivity index (χ0n) is 13.5. The molecule has 0 unspecified atom stereocenters. The highest BCUT2D eigenvalue weighted by molar-refractivity contribution is 7.15. The molecule has 0 spiro atoms. The van der Waals surface area contributed by atoms with E-state index in [0.29, 0.717) is 5.13 Å². The Kier molecular flexibility index (Phi) is 4.71. The van der Waals surface area contributed by atoms with Crippen molar-refractivity contribution in [3.63, 3.8) is 0 Å². The lowest BCUT2D eigenvalue weighted by atomic mass is 10.2. The average molecular weight is 342 g/mol. The van der Waals surface area contributed by atoms with Crippen molar-refractivity contribution in [2.24, 2.45) is 0 Å². The zero-order chi connectivity index (χ0) is 17.1. The lowest BCUT2D eigenvalue weighted by Crippen LogP contribution is -2.16. The number of hydrogen-bond acceptors (Lipinski definition) is 5. The van der Waals surface area contributed by atoms with E-state index in [0.717, 1.165) is 15.9 Å². The van der Waals surface area contributed by atoms with Crippen LogP contribution in [-0.2, 0) is 4.79 Å². The first kappa shape index (κ1) is 16.3. The fourth-order valence-corrected chi connectivity index (χ4v) is 3.10. The first-order valence-corrected chi connectivity index (χ1v) is 8.59. The van der Waals surface area contributed by atoms with Gasteiger partial charge in [0.15, 0.2) is 0 Å². The van der Waals surface area contributed by atoms with E-state index in [1.807, 2.05) is 44.2 Å². The van der Waals surface area contributed by atoms with Crippen molar-refractivity contribution in [2.75, 3.05) is 5.32 Å². The largest absolute Gasteiger partial charge is 0.301 e. The Morgan fingerprint density at radius 2 is 1.96 bits per heavy atom. The van der Waals surface area contributed by atoms with E-state index in [9.17, 15) is 9.59 Å². The van der Waals surface area contributed by atoms with Gasteiger partial charge in [0.2, 0.25) is 16.9 Å². The summed E-state index contributed by atoms with van der Waals surface area (Å²) in [6.07, 6.45) is 1.99. The fourth-order valence-electron chi connectivity index (χ4n) is 2.34. The molecule has 0 fully saturated rings. The molecule has 1 N–H and O–H groups in total. The molecule has 1 amide bonds. The van der Waals surface area contributed by atoms with Gasteiger partial charge in [-0.05, 0) is 12.1 Å². The molecular weight excluding hydrogens is 324 g/mol. The monoisotopic (exact) mass is 342 g/mol. The van der Waals surface area contributed by atoms with Crippen LogP contribution in [-0.4, -0.2) is 26.6 Å². The number of aromatic nitrogens is 3. The highest BCUT2D eigenvalue weighted by Gasteiger charge is 2.13. The summed E-state index contributed by atoms with van der Waals surface area (Å²) in [5, 5.41) is 13.0. The third-order valence-corrected chi connectivity index (χ3v) is 4.75. The maximum atomic E-state index is 12.3. The minimum atomic E-state index is -0.230. The van der Waals surface area contributed by atoms with Crippen LogP contribution in [0.15, 0.2) is 36.5 Å². The van der Waals surface area contributed by atoms with Gasteiger partial charge in [-0.1, -0.05) is 43.4 Å². The van der Waals surface area contributed by atoms with Crippen molar-refractivity contribution in [1.29, 1.82) is 0 Å². The van der Waals surface area contributed by atoms with Gasteiger partial charge in [0.25, 0.3) is 0 Å². The maximum absolute atomic E-state index is 12.3. The smallest absolute Gasteiger partial charge is 0.231 e.